The molecule has 47 heavy (non-hydrogen) atoms. The van der Waals surface area contributed by atoms with Gasteiger partial charge in [0.2, 0.25) is 0 Å². The average Bonchev–Trinajstić information content (AvgIpc) is 3.89. The minimum Gasteiger partial charge on any atom is -0.368 e. The zero-order valence-electron chi connectivity index (χ0n) is 28.2. The number of aryl methyl sites for hydroxylation is 2. The van der Waals surface area contributed by atoms with Crippen molar-refractivity contribution in [3.63, 3.8) is 0 Å². The van der Waals surface area contributed by atoms with Crippen molar-refractivity contribution in [3.05, 3.63) is 95.8 Å². The molecule has 6 heteroatoms. The molecule has 4 aliphatic heterocycles. The van der Waals surface area contributed by atoms with E-state index in [1.54, 1.807) is 0 Å². The van der Waals surface area contributed by atoms with E-state index in [1.165, 1.54) is 64.4 Å². The molecule has 3 fully saturated rings. The Hall–Kier alpha value is -4.06. The third-order valence-electron chi connectivity index (χ3n) is 11.8. The quantitative estimate of drug-likeness (QED) is 0.268. The Morgan fingerprint density at radius 3 is 2.62 bits per heavy atom. The topological polar surface area (TPSA) is 38.2 Å². The number of rotatable bonds is 5. The molecule has 5 aliphatic rings. The van der Waals surface area contributed by atoms with Gasteiger partial charge < -0.3 is 19.6 Å². The summed E-state index contributed by atoms with van der Waals surface area (Å²) in [5, 5.41) is 0. The van der Waals surface area contributed by atoms with Gasteiger partial charge in [-0.3, -0.25) is 4.99 Å². The van der Waals surface area contributed by atoms with E-state index in [0.29, 0.717) is 18.0 Å². The molecule has 0 radical (unpaired) electrons. The van der Waals surface area contributed by atoms with E-state index >= 15 is 0 Å². The summed E-state index contributed by atoms with van der Waals surface area (Å²) in [6, 6.07) is 19.1. The maximum Gasteiger partial charge on any atom is 0.132 e. The lowest BCUT2D eigenvalue weighted by Gasteiger charge is -2.37. The predicted molar refractivity (Wildman–Crippen MR) is 197 cm³/mol. The highest BCUT2D eigenvalue weighted by atomic mass is 15.3. The number of pyridine rings is 1. The van der Waals surface area contributed by atoms with Crippen molar-refractivity contribution >= 4 is 35.3 Å². The molecule has 1 aliphatic carbocycles. The van der Waals surface area contributed by atoms with Crippen molar-refractivity contribution in [3.8, 4) is 0 Å². The van der Waals surface area contributed by atoms with Crippen LogP contribution in [0.5, 0.6) is 0 Å². The van der Waals surface area contributed by atoms with Crippen LogP contribution in [0.1, 0.15) is 67.7 Å². The van der Waals surface area contributed by atoms with Crippen LogP contribution in [0.4, 0.5) is 22.9 Å². The number of likely N-dealkylation sites (tertiary alicyclic amines) is 1. The van der Waals surface area contributed by atoms with E-state index in [2.05, 4.69) is 94.9 Å². The number of para-hydroxylation sites is 1. The van der Waals surface area contributed by atoms with Crippen molar-refractivity contribution in [1.82, 2.24) is 9.88 Å². The van der Waals surface area contributed by atoms with E-state index in [9.17, 15) is 0 Å². The lowest BCUT2D eigenvalue weighted by Crippen LogP contribution is -2.45. The number of aliphatic imine (C=N–C) groups is 1. The molecule has 4 bridgehead atoms. The van der Waals surface area contributed by atoms with Crippen molar-refractivity contribution in [2.24, 2.45) is 16.8 Å². The van der Waals surface area contributed by atoms with Crippen LogP contribution in [0.15, 0.2) is 78.6 Å². The van der Waals surface area contributed by atoms with Crippen molar-refractivity contribution in [2.75, 3.05) is 47.4 Å². The summed E-state index contributed by atoms with van der Waals surface area (Å²) in [7, 11) is 0. The largest absolute Gasteiger partial charge is 0.368 e. The van der Waals surface area contributed by atoms with Crippen molar-refractivity contribution < 1.29 is 0 Å². The van der Waals surface area contributed by atoms with Gasteiger partial charge in [0.15, 0.2) is 0 Å². The van der Waals surface area contributed by atoms with Crippen LogP contribution in [0.2, 0.25) is 0 Å². The first-order chi connectivity index (χ1) is 23.0. The van der Waals surface area contributed by atoms with Crippen LogP contribution in [-0.2, 0) is 19.3 Å². The number of hydrogen-bond donors (Lipinski definition) is 0. The minimum absolute atomic E-state index is 0.355. The summed E-state index contributed by atoms with van der Waals surface area (Å²) in [5.41, 5.74) is 11.3. The van der Waals surface area contributed by atoms with Crippen LogP contribution >= 0.6 is 0 Å². The van der Waals surface area contributed by atoms with Gasteiger partial charge in [0.05, 0.1) is 17.4 Å². The molecule has 1 aromatic heterocycles. The Morgan fingerprint density at radius 1 is 0.936 bits per heavy atom. The fourth-order valence-corrected chi connectivity index (χ4v) is 9.55. The Bertz CT molecular complexity index is 1690. The number of aromatic nitrogens is 1. The molecule has 8 rings (SSSR count). The monoisotopic (exact) mass is 626 g/mol. The molecular formula is C41H50N6. The zero-order chi connectivity index (χ0) is 32.1. The van der Waals surface area contributed by atoms with E-state index < -0.39 is 0 Å². The van der Waals surface area contributed by atoms with Gasteiger partial charge in [-0.1, -0.05) is 44.3 Å². The van der Waals surface area contributed by atoms with Gasteiger partial charge in [0.25, 0.3) is 0 Å². The van der Waals surface area contributed by atoms with Gasteiger partial charge in [0.1, 0.15) is 5.82 Å². The molecule has 0 N–H and O–H groups in total. The second-order valence-corrected chi connectivity index (χ2v) is 14.7. The Labute approximate surface area is 281 Å². The number of hydrogen-bond acceptors (Lipinski definition) is 6. The average molecular weight is 627 g/mol. The summed E-state index contributed by atoms with van der Waals surface area (Å²) in [6.07, 6.45) is 12.3. The summed E-state index contributed by atoms with van der Waals surface area (Å²) in [6.45, 7) is 20.7. The molecule has 4 atom stereocenters. The van der Waals surface area contributed by atoms with Gasteiger partial charge in [-0.25, -0.2) is 4.98 Å². The normalized spacial score (nSPS) is 25.4. The SMILES string of the molecule is C=Nc1cc(C(=C)N2CC3CCC2C3)cc(CC)c1N1CC2CC(=C)N(C2)c2ccccc2CCCCN2c3ncccc3CC2C1. The van der Waals surface area contributed by atoms with Crippen molar-refractivity contribution in [2.45, 2.75) is 76.8 Å². The Balaban J connectivity index is 1.18. The first-order valence-corrected chi connectivity index (χ1v) is 18.1. The zero-order valence-corrected chi connectivity index (χ0v) is 28.2. The molecule has 2 aromatic carbocycles. The van der Waals surface area contributed by atoms with Crippen LogP contribution in [0.3, 0.4) is 0 Å². The Kier molecular flexibility index (Phi) is 8.07. The number of anilines is 3. The summed E-state index contributed by atoms with van der Waals surface area (Å²) in [5.74, 6) is 2.47. The van der Waals surface area contributed by atoms with Crippen molar-refractivity contribution in [1.29, 1.82) is 0 Å². The molecule has 1 saturated carbocycles. The lowest BCUT2D eigenvalue weighted by atomic mass is 9.98. The number of allylic oxidation sites excluding steroid dienone is 1. The van der Waals surface area contributed by atoms with E-state index in [-0.39, 0.29) is 0 Å². The van der Waals surface area contributed by atoms with Gasteiger partial charge >= 0.3 is 0 Å². The highest BCUT2D eigenvalue weighted by Gasteiger charge is 2.39. The highest BCUT2D eigenvalue weighted by Crippen LogP contribution is 2.45. The molecule has 5 heterocycles. The minimum atomic E-state index is 0.355. The smallest absolute Gasteiger partial charge is 0.132 e. The molecule has 0 spiro atoms. The maximum atomic E-state index is 4.93. The second-order valence-electron chi connectivity index (χ2n) is 14.7. The second kappa shape index (κ2) is 12.5. The summed E-state index contributed by atoms with van der Waals surface area (Å²) in [4.78, 5) is 20.1. The molecule has 0 amide bonds. The number of benzene rings is 2. The van der Waals surface area contributed by atoms with Gasteiger partial charge in [-0.2, -0.15) is 0 Å². The fraction of sp³-hybridized carbons (Fsp3) is 0.463. The standard InChI is InChI=1S/C41H50N6/c1-5-32-21-35(29(3)47-25-30-15-16-36(47)20-30)23-38(42-4)40(32)44-24-31-19-28(2)46(26-31)39-14-7-6-11-33(39)12-8-9-18-45-37(27-44)22-34-13-10-17-43-41(34)45/h6-7,10-11,13-14,17,21,23,30-31,36-37H,2-5,8-9,12,15-16,18-20,22,24-27H2,1H3. The first kappa shape index (κ1) is 30.3. The lowest BCUT2D eigenvalue weighted by molar-refractivity contribution is 0.311. The Morgan fingerprint density at radius 2 is 1.81 bits per heavy atom. The van der Waals surface area contributed by atoms with Gasteiger partial charge in [0, 0.05) is 62.0 Å². The van der Waals surface area contributed by atoms with Crippen LogP contribution in [-0.4, -0.2) is 61.4 Å². The number of piperidine rings is 1. The highest BCUT2D eigenvalue weighted by molar-refractivity contribution is 5.79. The molecule has 2 saturated heterocycles. The van der Waals surface area contributed by atoms with Crippen LogP contribution < -0.4 is 14.7 Å². The molecule has 4 unspecified atom stereocenters. The maximum absolute atomic E-state index is 4.93. The van der Waals surface area contributed by atoms with E-state index in [4.69, 9.17) is 9.98 Å². The molecular weight excluding hydrogens is 576 g/mol. The third kappa shape index (κ3) is 5.54. The van der Waals surface area contributed by atoms with Gasteiger partial charge in [-0.15, -0.1) is 0 Å². The summed E-state index contributed by atoms with van der Waals surface area (Å²) < 4.78 is 0. The van der Waals surface area contributed by atoms with Crippen LogP contribution in [0, 0.1) is 11.8 Å². The molecule has 3 aromatic rings. The fourth-order valence-electron chi connectivity index (χ4n) is 9.55. The van der Waals surface area contributed by atoms with E-state index in [0.717, 1.165) is 88.6 Å². The molecule has 6 nitrogen and oxygen atoms in total. The van der Waals surface area contributed by atoms with Gasteiger partial charge in [-0.05, 0) is 123 Å². The molecule has 244 valence electrons. The van der Waals surface area contributed by atoms with E-state index in [1.807, 2.05) is 6.20 Å². The number of nitrogens with zero attached hydrogens (tertiary/aromatic N) is 6. The number of fused-ring (bicyclic) bond motifs is 9. The van der Waals surface area contributed by atoms with Crippen LogP contribution in [0.25, 0.3) is 5.70 Å². The predicted octanol–water partition coefficient (Wildman–Crippen LogP) is 8.05. The third-order valence-corrected chi connectivity index (χ3v) is 11.8. The first-order valence-electron chi connectivity index (χ1n) is 18.1. The summed E-state index contributed by atoms with van der Waals surface area (Å²) >= 11 is 0.